The van der Waals surface area contributed by atoms with Gasteiger partial charge in [-0.05, 0) is 36.1 Å². The lowest BCUT2D eigenvalue weighted by Crippen LogP contribution is -2.54. The highest BCUT2D eigenvalue weighted by atomic mass is 32.2. The van der Waals surface area contributed by atoms with E-state index in [-0.39, 0.29) is 18.1 Å². The summed E-state index contributed by atoms with van der Waals surface area (Å²) in [5.74, 6) is -0.888. The van der Waals surface area contributed by atoms with Gasteiger partial charge in [-0.1, -0.05) is 18.2 Å². The molecule has 10 nitrogen and oxygen atoms in total. The van der Waals surface area contributed by atoms with Crippen molar-refractivity contribution in [1.82, 2.24) is 19.5 Å². The fourth-order valence-electron chi connectivity index (χ4n) is 4.09. The Bertz CT molecular complexity index is 1410. The van der Waals surface area contributed by atoms with Crippen LogP contribution in [0, 0.1) is 0 Å². The van der Waals surface area contributed by atoms with E-state index in [9.17, 15) is 19.8 Å². The van der Waals surface area contributed by atoms with Crippen molar-refractivity contribution in [3.63, 3.8) is 0 Å². The van der Waals surface area contributed by atoms with Gasteiger partial charge in [0.05, 0.1) is 34.7 Å². The van der Waals surface area contributed by atoms with E-state index >= 15 is 0 Å². The Hall–Kier alpha value is -3.29. The van der Waals surface area contributed by atoms with Gasteiger partial charge in [-0.25, -0.2) is 14.3 Å². The molecule has 1 fully saturated rings. The van der Waals surface area contributed by atoms with Gasteiger partial charge in [0, 0.05) is 36.3 Å². The highest BCUT2D eigenvalue weighted by Crippen LogP contribution is 2.26. The molecule has 1 amide bonds. The van der Waals surface area contributed by atoms with Crippen LogP contribution in [0.1, 0.15) is 21.7 Å². The highest BCUT2D eigenvalue weighted by Gasteiger charge is 2.34. The van der Waals surface area contributed by atoms with E-state index in [0.717, 1.165) is 11.3 Å². The van der Waals surface area contributed by atoms with Gasteiger partial charge in [-0.2, -0.15) is 16.9 Å². The Balaban J connectivity index is 1.23. The third-order valence-electron chi connectivity index (χ3n) is 5.91. The van der Waals surface area contributed by atoms with Gasteiger partial charge in [0.25, 0.3) is 0 Å². The maximum Gasteiger partial charge on any atom is 0.411 e. The fraction of sp³-hybridized carbons (Fsp3) is 0.280. The van der Waals surface area contributed by atoms with Gasteiger partial charge >= 0.3 is 6.09 Å². The molecule has 0 atom stereocenters. The van der Waals surface area contributed by atoms with Crippen molar-refractivity contribution < 1.29 is 24.5 Å². The average Bonchev–Trinajstić information content (AvgIpc) is 3.57. The van der Waals surface area contributed by atoms with Crippen LogP contribution in [0.3, 0.4) is 0 Å². The van der Waals surface area contributed by atoms with Crippen molar-refractivity contribution in [2.75, 3.05) is 36.5 Å². The number of nitrogens with one attached hydrogen (secondary N) is 1. The number of nitrogens with zero attached hydrogens (tertiary/aromatic N) is 4. The van der Waals surface area contributed by atoms with Gasteiger partial charge < -0.3 is 14.9 Å². The molecule has 1 aromatic carbocycles. The average molecular weight is 540 g/mol. The molecule has 5 rings (SSSR count). The Morgan fingerprint density at radius 3 is 2.89 bits per heavy atom. The van der Waals surface area contributed by atoms with E-state index in [1.54, 1.807) is 45.9 Å². The van der Waals surface area contributed by atoms with Crippen molar-refractivity contribution in [1.29, 1.82) is 0 Å². The predicted octanol–water partition coefficient (Wildman–Crippen LogP) is 3.31. The molecule has 0 unspecified atom stereocenters. The van der Waals surface area contributed by atoms with Gasteiger partial charge in [-0.15, -0.1) is 11.3 Å². The van der Waals surface area contributed by atoms with E-state index in [0.29, 0.717) is 47.0 Å². The number of hydrogen-bond donors (Lipinski definition) is 3. The van der Waals surface area contributed by atoms with Gasteiger partial charge in [0.1, 0.15) is 0 Å². The first-order chi connectivity index (χ1) is 17.9. The molecule has 4 heterocycles. The second-order valence-corrected chi connectivity index (χ2v) is 10.5. The molecular formula is C25H25N5O5S2. The lowest BCUT2D eigenvalue weighted by Gasteiger charge is -2.38. The largest absolute Gasteiger partial charge is 0.449 e. The number of hydrogen-bond acceptors (Lipinski definition) is 10. The number of carbonyl (C=O) groups excluding carboxylic acids is 2. The fourth-order valence-corrected chi connectivity index (χ4v) is 5.71. The molecule has 3 N–H and O–H groups in total. The lowest BCUT2D eigenvalue weighted by molar-refractivity contribution is -0.247. The van der Waals surface area contributed by atoms with E-state index in [1.807, 2.05) is 17.5 Å². The van der Waals surface area contributed by atoms with E-state index in [2.05, 4.69) is 15.4 Å². The first-order valence-corrected chi connectivity index (χ1v) is 13.7. The van der Waals surface area contributed by atoms with Gasteiger partial charge in [-0.3, -0.25) is 15.0 Å². The summed E-state index contributed by atoms with van der Waals surface area (Å²) in [6.07, 6.45) is 3.02. The summed E-state index contributed by atoms with van der Waals surface area (Å²) >= 11 is 2.86. The number of thiophene rings is 1. The molecule has 4 aromatic rings. The first-order valence-electron chi connectivity index (χ1n) is 11.6. The number of amides is 1. The first kappa shape index (κ1) is 25.4. The Morgan fingerprint density at radius 1 is 1.19 bits per heavy atom. The number of thioether (sulfide) groups is 1. The highest BCUT2D eigenvalue weighted by molar-refractivity contribution is 7.99. The molecular weight excluding hydrogens is 514 g/mol. The summed E-state index contributed by atoms with van der Waals surface area (Å²) in [7, 11) is 0. The van der Waals surface area contributed by atoms with E-state index in [4.69, 9.17) is 4.74 Å². The molecule has 0 bridgehead atoms. The Morgan fingerprint density at radius 2 is 2.08 bits per heavy atom. The molecule has 1 aliphatic heterocycles. The minimum Gasteiger partial charge on any atom is -0.449 e. The van der Waals surface area contributed by atoms with Gasteiger partial charge in [0.2, 0.25) is 11.7 Å². The van der Waals surface area contributed by atoms with Crippen molar-refractivity contribution in [3.8, 4) is 11.3 Å². The molecule has 0 saturated carbocycles. The normalized spacial score (nSPS) is 15.5. The molecule has 0 spiro atoms. The van der Waals surface area contributed by atoms with Crippen LogP contribution in [-0.2, 0) is 4.74 Å². The SMILES string of the molecule is O=C(Nc1cccc(-c2ccnc3c(C(=O)c4cccs4)cnn23)c1)OCCCN1CCSCC1(O)O. The number of carbonyl (C=O) groups is 2. The molecule has 12 heteroatoms. The molecule has 0 aliphatic carbocycles. The zero-order valence-corrected chi connectivity index (χ0v) is 21.4. The van der Waals surface area contributed by atoms with Crippen molar-refractivity contribution in [2.45, 2.75) is 12.3 Å². The topological polar surface area (TPSA) is 129 Å². The summed E-state index contributed by atoms with van der Waals surface area (Å²) < 4.78 is 6.89. The van der Waals surface area contributed by atoms with E-state index in [1.165, 1.54) is 29.3 Å². The van der Waals surface area contributed by atoms with Crippen LogP contribution >= 0.6 is 23.1 Å². The summed E-state index contributed by atoms with van der Waals surface area (Å²) in [6, 6.07) is 12.6. The summed E-state index contributed by atoms with van der Waals surface area (Å²) in [4.78, 5) is 31.8. The number of aromatic nitrogens is 3. The van der Waals surface area contributed by atoms with Crippen LogP contribution in [0.15, 0.2) is 60.2 Å². The van der Waals surface area contributed by atoms with Crippen molar-refractivity contribution in [2.24, 2.45) is 0 Å². The summed E-state index contributed by atoms with van der Waals surface area (Å²) in [6.45, 7) is 1.12. The number of anilines is 1. The van der Waals surface area contributed by atoms with Crippen LogP contribution in [-0.4, -0.2) is 78.7 Å². The second kappa shape index (κ2) is 11.0. The maximum atomic E-state index is 12.9. The summed E-state index contributed by atoms with van der Waals surface area (Å²) in [5, 5.41) is 29.0. The third-order valence-corrected chi connectivity index (χ3v) is 7.84. The van der Waals surface area contributed by atoms with Crippen LogP contribution in [0.2, 0.25) is 0 Å². The minimum atomic E-state index is -1.82. The maximum absolute atomic E-state index is 12.9. The zero-order chi connectivity index (χ0) is 25.8. The van der Waals surface area contributed by atoms with Crippen LogP contribution in [0.4, 0.5) is 10.5 Å². The molecule has 0 radical (unpaired) electrons. The second-order valence-electron chi connectivity index (χ2n) is 8.44. The number of benzene rings is 1. The molecule has 1 aliphatic rings. The smallest absolute Gasteiger partial charge is 0.411 e. The van der Waals surface area contributed by atoms with Crippen LogP contribution in [0.5, 0.6) is 0 Å². The van der Waals surface area contributed by atoms with Crippen molar-refractivity contribution in [3.05, 3.63) is 70.7 Å². The van der Waals surface area contributed by atoms with Crippen LogP contribution in [0.25, 0.3) is 16.9 Å². The standard InChI is InChI=1S/C25H25N5O5S2/c31-22(21-6-2-12-37-21)19-15-27-30-20(7-8-26-23(19)30)17-4-1-5-18(14-17)28-24(32)35-11-3-9-29-10-13-36-16-25(29,33)34/h1-2,4-8,12,14-15,33-34H,3,9-11,13,16H2,(H,28,32). The Labute approximate surface area is 220 Å². The quantitative estimate of drug-likeness (QED) is 0.175. The van der Waals surface area contributed by atoms with E-state index < -0.39 is 12.0 Å². The number of ketones is 1. The number of aliphatic hydroxyl groups is 2. The predicted molar refractivity (Wildman–Crippen MR) is 142 cm³/mol. The number of rotatable bonds is 8. The molecule has 192 valence electrons. The monoisotopic (exact) mass is 539 g/mol. The lowest BCUT2D eigenvalue weighted by atomic mass is 10.1. The molecule has 3 aromatic heterocycles. The Kier molecular flexibility index (Phi) is 7.53. The number of fused-ring (bicyclic) bond motifs is 1. The number of ether oxygens (including phenoxy) is 1. The van der Waals surface area contributed by atoms with Crippen LogP contribution < -0.4 is 5.32 Å². The molecule has 37 heavy (non-hydrogen) atoms. The van der Waals surface area contributed by atoms with Crippen molar-refractivity contribution >= 4 is 46.3 Å². The molecule has 1 saturated heterocycles. The third kappa shape index (κ3) is 5.68. The van der Waals surface area contributed by atoms with Gasteiger partial charge in [0.15, 0.2) is 5.65 Å². The zero-order valence-electron chi connectivity index (χ0n) is 19.7. The summed E-state index contributed by atoms with van der Waals surface area (Å²) in [5.41, 5.74) is 2.89. The minimum absolute atomic E-state index is 0.129.